The molecule has 0 unspecified atom stereocenters. The lowest BCUT2D eigenvalue weighted by molar-refractivity contribution is -0.140. The number of amides is 1. The van der Waals surface area contributed by atoms with Gasteiger partial charge >= 0.3 is 0 Å². The summed E-state index contributed by atoms with van der Waals surface area (Å²) in [7, 11) is 3.05. The zero-order chi connectivity index (χ0) is 27.4. The number of aromatic nitrogens is 1. The number of likely N-dealkylation sites (tertiary alicyclic amines) is 1. The van der Waals surface area contributed by atoms with E-state index < -0.39 is 17.7 Å². The second-order valence-electron chi connectivity index (χ2n) is 9.58. The highest BCUT2D eigenvalue weighted by Gasteiger charge is 2.46. The number of carbonyl (C=O) groups excluding carboxylic acids is 2. The molecule has 198 valence electrons. The van der Waals surface area contributed by atoms with Crippen LogP contribution in [0.4, 0.5) is 0 Å². The fourth-order valence-electron chi connectivity index (χ4n) is 4.50. The molecular weight excluding hydrogens is 484 g/mol. The van der Waals surface area contributed by atoms with Gasteiger partial charge in [-0.25, -0.2) is 0 Å². The molecule has 1 atom stereocenters. The van der Waals surface area contributed by atoms with Crippen molar-refractivity contribution in [2.24, 2.45) is 5.92 Å². The Bertz CT molecular complexity index is 1370. The Morgan fingerprint density at radius 1 is 1.05 bits per heavy atom. The second kappa shape index (κ2) is 11.4. The number of aliphatic hydroxyl groups excluding tert-OH is 1. The molecular formula is C30H32N2O6. The van der Waals surface area contributed by atoms with Crippen LogP contribution >= 0.6 is 0 Å². The number of nitrogens with zero attached hydrogens (tertiary/aromatic N) is 2. The molecule has 0 saturated carbocycles. The molecule has 1 saturated heterocycles. The van der Waals surface area contributed by atoms with Crippen LogP contribution in [0.2, 0.25) is 0 Å². The van der Waals surface area contributed by atoms with Crippen molar-refractivity contribution >= 4 is 17.4 Å². The van der Waals surface area contributed by atoms with Gasteiger partial charge in [0.15, 0.2) is 11.5 Å². The van der Waals surface area contributed by atoms with Crippen LogP contribution in [-0.4, -0.2) is 47.5 Å². The second-order valence-corrected chi connectivity index (χ2v) is 9.58. The minimum Gasteiger partial charge on any atom is -0.507 e. The first-order chi connectivity index (χ1) is 18.2. The van der Waals surface area contributed by atoms with Crippen LogP contribution in [0.3, 0.4) is 0 Å². The van der Waals surface area contributed by atoms with Gasteiger partial charge in [0.2, 0.25) is 0 Å². The number of ether oxygens (including phenoxy) is 3. The van der Waals surface area contributed by atoms with Gasteiger partial charge in [-0.15, -0.1) is 0 Å². The minimum absolute atomic E-state index is 0.00468. The summed E-state index contributed by atoms with van der Waals surface area (Å²) in [5, 5.41) is 11.5. The maximum Gasteiger partial charge on any atom is 0.295 e. The molecule has 0 aliphatic carbocycles. The number of carbonyl (C=O) groups is 2. The first-order valence-electron chi connectivity index (χ1n) is 12.4. The zero-order valence-corrected chi connectivity index (χ0v) is 22.2. The molecule has 1 N–H and O–H groups in total. The molecule has 3 aromatic rings. The Kier molecular flexibility index (Phi) is 8.00. The molecule has 0 spiro atoms. The SMILES string of the molecule is COc1ccc([C@H]2C(=C(O)c3ccc(OCC(C)C)cc3C)C(=O)C(=O)N2Cc2cccnc2)cc1OC. The number of rotatable bonds is 9. The third-order valence-electron chi connectivity index (χ3n) is 6.38. The first kappa shape index (κ1) is 26.7. The smallest absolute Gasteiger partial charge is 0.295 e. The third-order valence-corrected chi connectivity index (χ3v) is 6.38. The first-order valence-corrected chi connectivity index (χ1v) is 12.4. The summed E-state index contributed by atoms with van der Waals surface area (Å²) in [6.45, 7) is 6.64. The molecule has 8 nitrogen and oxygen atoms in total. The molecule has 1 aliphatic heterocycles. The molecule has 0 radical (unpaired) electrons. The fourth-order valence-corrected chi connectivity index (χ4v) is 4.50. The van der Waals surface area contributed by atoms with Gasteiger partial charge in [0, 0.05) is 24.5 Å². The summed E-state index contributed by atoms with van der Waals surface area (Å²) in [5.41, 5.74) is 2.52. The van der Waals surface area contributed by atoms with E-state index in [4.69, 9.17) is 14.2 Å². The quantitative estimate of drug-likeness (QED) is 0.241. The van der Waals surface area contributed by atoms with Crippen molar-refractivity contribution in [2.75, 3.05) is 20.8 Å². The third kappa shape index (κ3) is 5.34. The Morgan fingerprint density at radius 3 is 2.45 bits per heavy atom. The van der Waals surface area contributed by atoms with Crippen molar-refractivity contribution in [2.45, 2.75) is 33.4 Å². The van der Waals surface area contributed by atoms with Gasteiger partial charge < -0.3 is 24.2 Å². The predicted octanol–water partition coefficient (Wildman–Crippen LogP) is 5.06. The van der Waals surface area contributed by atoms with E-state index in [-0.39, 0.29) is 17.9 Å². The number of aryl methyl sites for hydroxylation is 1. The molecule has 4 rings (SSSR count). The average molecular weight is 517 g/mol. The van der Waals surface area contributed by atoms with Gasteiger partial charge in [0.05, 0.1) is 32.4 Å². The lowest BCUT2D eigenvalue weighted by Gasteiger charge is -2.26. The number of Topliss-reactive ketones (excluding diaryl/α,β-unsaturated/α-hetero) is 1. The maximum atomic E-state index is 13.4. The number of hydrogen-bond acceptors (Lipinski definition) is 7. The summed E-state index contributed by atoms with van der Waals surface area (Å²) < 4.78 is 16.7. The molecule has 0 bridgehead atoms. The van der Waals surface area contributed by atoms with Crippen LogP contribution in [0.1, 0.15) is 42.1 Å². The van der Waals surface area contributed by atoms with Crippen LogP contribution in [0.25, 0.3) is 5.76 Å². The molecule has 38 heavy (non-hydrogen) atoms. The van der Waals surface area contributed by atoms with Crippen LogP contribution < -0.4 is 14.2 Å². The van der Waals surface area contributed by atoms with E-state index in [0.717, 1.165) is 5.56 Å². The summed E-state index contributed by atoms with van der Waals surface area (Å²) in [6, 6.07) is 13.2. The molecule has 1 amide bonds. The summed E-state index contributed by atoms with van der Waals surface area (Å²) >= 11 is 0. The van der Waals surface area contributed by atoms with Crippen molar-refractivity contribution in [3.63, 3.8) is 0 Å². The van der Waals surface area contributed by atoms with Crippen molar-refractivity contribution in [3.05, 3.63) is 88.8 Å². The Labute approximate surface area is 222 Å². The van der Waals surface area contributed by atoms with Gasteiger partial charge in [-0.3, -0.25) is 14.6 Å². The maximum absolute atomic E-state index is 13.4. The van der Waals surface area contributed by atoms with E-state index in [1.807, 2.05) is 19.1 Å². The average Bonchev–Trinajstić information content (AvgIpc) is 3.16. The number of pyridine rings is 1. The largest absolute Gasteiger partial charge is 0.507 e. The van der Waals surface area contributed by atoms with Crippen molar-refractivity contribution < 1.29 is 28.9 Å². The van der Waals surface area contributed by atoms with Crippen molar-refractivity contribution in [1.82, 2.24) is 9.88 Å². The number of methoxy groups -OCH3 is 2. The Balaban J connectivity index is 1.84. The lowest BCUT2D eigenvalue weighted by atomic mass is 9.93. The highest BCUT2D eigenvalue weighted by molar-refractivity contribution is 6.46. The number of ketones is 1. The van der Waals surface area contributed by atoms with E-state index in [0.29, 0.717) is 46.5 Å². The normalized spacial score (nSPS) is 16.7. The van der Waals surface area contributed by atoms with Crippen LogP contribution in [0.5, 0.6) is 17.2 Å². The number of aliphatic hydroxyl groups is 1. The summed E-state index contributed by atoms with van der Waals surface area (Å²) in [5.74, 6) is 0.273. The van der Waals surface area contributed by atoms with Gasteiger partial charge in [0.1, 0.15) is 11.5 Å². The van der Waals surface area contributed by atoms with Gasteiger partial charge in [-0.05, 0) is 65.9 Å². The Hall–Kier alpha value is -4.33. The van der Waals surface area contributed by atoms with E-state index in [1.165, 1.54) is 19.1 Å². The predicted molar refractivity (Wildman–Crippen MR) is 143 cm³/mol. The standard InChI is InChI=1S/C30H32N2O6/c1-18(2)17-38-22-9-10-23(19(3)13-22)28(33)26-27(21-8-11-24(36-4)25(14-21)37-5)32(30(35)29(26)34)16-20-7-6-12-31-15-20/h6-15,18,27,33H,16-17H2,1-5H3/t27-/m0/s1. The molecule has 1 fully saturated rings. The number of hydrogen-bond donors (Lipinski definition) is 1. The van der Waals surface area contributed by atoms with Gasteiger partial charge in [-0.2, -0.15) is 0 Å². The van der Waals surface area contributed by atoms with Crippen molar-refractivity contribution in [3.8, 4) is 17.2 Å². The van der Waals surface area contributed by atoms with Gasteiger partial charge in [-0.1, -0.05) is 26.0 Å². The monoisotopic (exact) mass is 516 g/mol. The van der Waals surface area contributed by atoms with E-state index in [2.05, 4.69) is 18.8 Å². The van der Waals surface area contributed by atoms with E-state index >= 15 is 0 Å². The minimum atomic E-state index is -0.855. The molecule has 8 heteroatoms. The van der Waals surface area contributed by atoms with Crippen LogP contribution in [0, 0.1) is 12.8 Å². The number of benzene rings is 2. The molecule has 1 aliphatic rings. The molecule has 2 heterocycles. The van der Waals surface area contributed by atoms with E-state index in [1.54, 1.807) is 48.8 Å². The molecule has 1 aromatic heterocycles. The van der Waals surface area contributed by atoms with E-state index in [9.17, 15) is 14.7 Å². The fraction of sp³-hybridized carbons (Fsp3) is 0.300. The highest BCUT2D eigenvalue weighted by atomic mass is 16.5. The van der Waals surface area contributed by atoms with Crippen molar-refractivity contribution in [1.29, 1.82) is 0 Å². The molecule has 2 aromatic carbocycles. The van der Waals surface area contributed by atoms with Gasteiger partial charge in [0.25, 0.3) is 11.7 Å². The summed E-state index contributed by atoms with van der Waals surface area (Å²) in [6.07, 6.45) is 3.28. The topological polar surface area (TPSA) is 98.2 Å². The zero-order valence-electron chi connectivity index (χ0n) is 22.2. The Morgan fingerprint density at radius 2 is 1.82 bits per heavy atom. The lowest BCUT2D eigenvalue weighted by Crippen LogP contribution is -2.29. The van der Waals surface area contributed by atoms with Crippen LogP contribution in [-0.2, 0) is 16.1 Å². The summed E-state index contributed by atoms with van der Waals surface area (Å²) in [4.78, 5) is 32.4. The highest BCUT2D eigenvalue weighted by Crippen LogP contribution is 2.43. The van der Waals surface area contributed by atoms with Crippen LogP contribution in [0.15, 0.2) is 66.5 Å².